The Balaban J connectivity index is 2.33. The van der Waals surface area contributed by atoms with Crippen molar-refractivity contribution >= 4 is 5.97 Å². The van der Waals surface area contributed by atoms with Crippen LogP contribution in [0, 0.1) is 0 Å². The summed E-state index contributed by atoms with van der Waals surface area (Å²) in [5.41, 5.74) is 0. The minimum absolute atomic E-state index is 0.0852. The van der Waals surface area contributed by atoms with Gasteiger partial charge < -0.3 is 25.0 Å². The first-order valence-corrected chi connectivity index (χ1v) is 6.50. The Bertz CT molecular complexity index is 277. The van der Waals surface area contributed by atoms with Crippen molar-refractivity contribution in [1.82, 2.24) is 10.2 Å². The van der Waals surface area contributed by atoms with Crippen molar-refractivity contribution in [2.75, 3.05) is 46.5 Å². The van der Waals surface area contributed by atoms with Crippen LogP contribution in [0.15, 0.2) is 0 Å². The summed E-state index contributed by atoms with van der Waals surface area (Å²) in [7, 11) is 1.59. The molecular formula is C12H24N2O5. The van der Waals surface area contributed by atoms with E-state index in [0.29, 0.717) is 26.2 Å². The molecule has 1 saturated heterocycles. The number of hydrogen-bond acceptors (Lipinski definition) is 6. The van der Waals surface area contributed by atoms with Crippen molar-refractivity contribution in [1.29, 1.82) is 0 Å². The second-order valence-electron chi connectivity index (χ2n) is 4.81. The van der Waals surface area contributed by atoms with Gasteiger partial charge in [-0.1, -0.05) is 0 Å². The molecule has 7 nitrogen and oxygen atoms in total. The molecule has 1 rings (SSSR count). The molecule has 0 aromatic heterocycles. The second kappa shape index (κ2) is 8.44. The lowest BCUT2D eigenvalue weighted by molar-refractivity contribution is -0.144. The maximum Gasteiger partial charge on any atom is 0.322 e. The van der Waals surface area contributed by atoms with Gasteiger partial charge >= 0.3 is 5.97 Å². The van der Waals surface area contributed by atoms with Gasteiger partial charge in [-0.05, 0) is 6.92 Å². The van der Waals surface area contributed by atoms with E-state index in [2.05, 4.69) is 5.32 Å². The van der Waals surface area contributed by atoms with Gasteiger partial charge in [0, 0.05) is 33.3 Å². The molecule has 0 radical (unpaired) electrons. The van der Waals surface area contributed by atoms with Crippen LogP contribution in [0.2, 0.25) is 0 Å². The maximum absolute atomic E-state index is 11.1. The summed E-state index contributed by atoms with van der Waals surface area (Å²) in [5, 5.41) is 22.0. The molecule has 1 heterocycles. The molecule has 0 aromatic rings. The number of aliphatic carboxylic acids is 1. The van der Waals surface area contributed by atoms with Crippen LogP contribution in [0.3, 0.4) is 0 Å². The van der Waals surface area contributed by atoms with Gasteiger partial charge in [-0.2, -0.15) is 0 Å². The molecule has 7 heteroatoms. The third-order valence-corrected chi connectivity index (χ3v) is 3.06. The molecule has 3 atom stereocenters. The number of rotatable bonds is 8. The van der Waals surface area contributed by atoms with Crippen molar-refractivity contribution in [2.45, 2.75) is 25.2 Å². The SMILES string of the molecule is COCC(C)OCC(O)CN1CCNCC1C(=O)O. The number of piperazine rings is 1. The average molecular weight is 276 g/mol. The van der Waals surface area contributed by atoms with Gasteiger partial charge in [-0.3, -0.25) is 9.69 Å². The zero-order valence-corrected chi connectivity index (χ0v) is 11.5. The number of aliphatic hydroxyl groups is 1. The van der Waals surface area contributed by atoms with E-state index in [4.69, 9.17) is 14.6 Å². The fraction of sp³-hybridized carbons (Fsp3) is 0.917. The molecule has 19 heavy (non-hydrogen) atoms. The smallest absolute Gasteiger partial charge is 0.322 e. The Morgan fingerprint density at radius 2 is 2.26 bits per heavy atom. The summed E-state index contributed by atoms with van der Waals surface area (Å²) in [6.07, 6.45) is -0.780. The van der Waals surface area contributed by atoms with Crippen molar-refractivity contribution in [3.63, 3.8) is 0 Å². The summed E-state index contributed by atoms with van der Waals surface area (Å²) in [4.78, 5) is 12.9. The molecule has 0 amide bonds. The molecule has 1 aliphatic heterocycles. The molecule has 0 spiro atoms. The van der Waals surface area contributed by atoms with Crippen molar-refractivity contribution in [2.24, 2.45) is 0 Å². The Labute approximate surface area is 113 Å². The van der Waals surface area contributed by atoms with E-state index in [1.807, 2.05) is 6.92 Å². The topological polar surface area (TPSA) is 91.3 Å². The second-order valence-corrected chi connectivity index (χ2v) is 4.81. The van der Waals surface area contributed by atoms with Crippen LogP contribution in [-0.4, -0.2) is 85.8 Å². The summed E-state index contributed by atoms with van der Waals surface area (Å²) in [5.74, 6) is -0.868. The van der Waals surface area contributed by atoms with Crippen LogP contribution < -0.4 is 5.32 Å². The van der Waals surface area contributed by atoms with Gasteiger partial charge in [0.25, 0.3) is 0 Å². The summed E-state index contributed by atoms with van der Waals surface area (Å²) in [6, 6.07) is -0.584. The van der Waals surface area contributed by atoms with Gasteiger partial charge in [0.15, 0.2) is 0 Å². The normalized spacial score (nSPS) is 24.1. The standard InChI is InChI=1S/C12H24N2O5/c1-9(7-18-2)19-8-10(15)6-14-4-3-13-5-11(14)12(16)17/h9-11,13,15H,3-8H2,1-2H3,(H,16,17). The van der Waals surface area contributed by atoms with Gasteiger partial charge in [-0.15, -0.1) is 0 Å². The number of ether oxygens (including phenoxy) is 2. The number of β-amino-alcohol motifs (C(OH)–C–C–N with tert-alkyl or cyclic N) is 1. The highest BCUT2D eigenvalue weighted by Crippen LogP contribution is 2.06. The van der Waals surface area contributed by atoms with E-state index in [1.54, 1.807) is 12.0 Å². The van der Waals surface area contributed by atoms with E-state index in [9.17, 15) is 9.90 Å². The molecular weight excluding hydrogens is 252 g/mol. The maximum atomic E-state index is 11.1. The number of methoxy groups -OCH3 is 1. The van der Waals surface area contributed by atoms with Crippen LogP contribution in [0.4, 0.5) is 0 Å². The zero-order valence-electron chi connectivity index (χ0n) is 11.5. The number of nitrogens with zero attached hydrogens (tertiary/aromatic N) is 1. The highest BCUT2D eigenvalue weighted by molar-refractivity contribution is 5.73. The van der Waals surface area contributed by atoms with Crippen LogP contribution in [-0.2, 0) is 14.3 Å². The molecule has 112 valence electrons. The minimum Gasteiger partial charge on any atom is -0.480 e. The molecule has 3 unspecified atom stereocenters. The highest BCUT2D eigenvalue weighted by Gasteiger charge is 2.29. The Hall–Kier alpha value is -0.730. The first-order valence-electron chi connectivity index (χ1n) is 6.50. The summed E-state index contributed by atoms with van der Waals surface area (Å²) in [6.45, 7) is 4.57. The van der Waals surface area contributed by atoms with E-state index in [1.165, 1.54) is 0 Å². The van der Waals surface area contributed by atoms with E-state index in [0.717, 1.165) is 6.54 Å². The summed E-state index contributed by atoms with van der Waals surface area (Å²) < 4.78 is 10.3. The average Bonchev–Trinajstić information content (AvgIpc) is 2.37. The largest absolute Gasteiger partial charge is 0.480 e. The van der Waals surface area contributed by atoms with Gasteiger partial charge in [0.1, 0.15) is 6.04 Å². The van der Waals surface area contributed by atoms with Crippen LogP contribution >= 0.6 is 0 Å². The Morgan fingerprint density at radius 3 is 2.89 bits per heavy atom. The molecule has 3 N–H and O–H groups in total. The van der Waals surface area contributed by atoms with Gasteiger partial charge in [-0.25, -0.2) is 0 Å². The van der Waals surface area contributed by atoms with Crippen LogP contribution in [0.5, 0.6) is 0 Å². The van der Waals surface area contributed by atoms with Crippen molar-refractivity contribution in [3.05, 3.63) is 0 Å². The molecule has 0 aromatic carbocycles. The lowest BCUT2D eigenvalue weighted by Crippen LogP contribution is -2.57. The monoisotopic (exact) mass is 276 g/mol. The fourth-order valence-electron chi connectivity index (χ4n) is 2.09. The molecule has 1 fully saturated rings. The van der Waals surface area contributed by atoms with Crippen molar-refractivity contribution in [3.8, 4) is 0 Å². The number of nitrogens with one attached hydrogen (secondary N) is 1. The number of carbonyl (C=O) groups is 1. The minimum atomic E-state index is -0.868. The van der Waals surface area contributed by atoms with Crippen molar-refractivity contribution < 1.29 is 24.5 Å². The third-order valence-electron chi connectivity index (χ3n) is 3.06. The van der Waals surface area contributed by atoms with Crippen LogP contribution in [0.25, 0.3) is 0 Å². The number of aliphatic hydroxyl groups excluding tert-OH is 1. The number of hydrogen-bond donors (Lipinski definition) is 3. The first kappa shape index (κ1) is 16.3. The van der Waals surface area contributed by atoms with Crippen LogP contribution in [0.1, 0.15) is 6.92 Å². The Morgan fingerprint density at radius 1 is 1.53 bits per heavy atom. The summed E-state index contributed by atoms with van der Waals surface area (Å²) >= 11 is 0. The molecule has 0 saturated carbocycles. The van der Waals surface area contributed by atoms with E-state index < -0.39 is 18.1 Å². The van der Waals surface area contributed by atoms with Gasteiger partial charge in [0.05, 0.1) is 25.4 Å². The first-order chi connectivity index (χ1) is 9.04. The Kier molecular flexibility index (Phi) is 7.25. The zero-order chi connectivity index (χ0) is 14.3. The third kappa shape index (κ3) is 5.84. The lowest BCUT2D eigenvalue weighted by Gasteiger charge is -2.34. The lowest BCUT2D eigenvalue weighted by atomic mass is 10.1. The highest BCUT2D eigenvalue weighted by atomic mass is 16.5. The van der Waals surface area contributed by atoms with E-state index in [-0.39, 0.29) is 12.7 Å². The number of carboxylic acid groups (broad SMARTS) is 1. The molecule has 0 bridgehead atoms. The predicted molar refractivity (Wildman–Crippen MR) is 69.2 cm³/mol. The molecule has 0 aliphatic carbocycles. The quantitative estimate of drug-likeness (QED) is 0.510. The number of carboxylic acids is 1. The predicted octanol–water partition coefficient (Wildman–Crippen LogP) is -1.24. The van der Waals surface area contributed by atoms with Gasteiger partial charge in [0.2, 0.25) is 0 Å². The fourth-order valence-corrected chi connectivity index (χ4v) is 2.09. The van der Waals surface area contributed by atoms with E-state index >= 15 is 0 Å². The molecule has 1 aliphatic rings.